The van der Waals surface area contributed by atoms with E-state index in [0.29, 0.717) is 18.1 Å². The average molecular weight is 218 g/mol. The molecule has 86 valence electrons. The minimum atomic E-state index is -0.352. The maximum Gasteiger partial charge on any atom is 0.0844 e. The summed E-state index contributed by atoms with van der Waals surface area (Å²) in [5.41, 5.74) is 2.25. The maximum atomic E-state index is 10.4. The van der Waals surface area contributed by atoms with Crippen LogP contribution in [0.15, 0.2) is 24.3 Å². The topological polar surface area (TPSA) is 29.5 Å². The Morgan fingerprint density at radius 2 is 2.25 bits per heavy atom. The Kier molecular flexibility index (Phi) is 2.49. The molecule has 0 radical (unpaired) electrons. The normalized spacial score (nSPS) is 34.2. The molecule has 2 aliphatic rings. The van der Waals surface area contributed by atoms with Crippen molar-refractivity contribution >= 4 is 0 Å². The van der Waals surface area contributed by atoms with Crippen molar-refractivity contribution in [2.24, 2.45) is 5.92 Å². The van der Waals surface area contributed by atoms with E-state index in [9.17, 15) is 5.11 Å². The molecule has 1 N–H and O–H groups in total. The van der Waals surface area contributed by atoms with Crippen molar-refractivity contribution in [2.45, 2.75) is 44.5 Å². The fraction of sp³-hybridized carbons (Fsp3) is 0.571. The Hall–Kier alpha value is -0.860. The molecule has 4 atom stereocenters. The van der Waals surface area contributed by atoms with E-state index in [1.54, 1.807) is 0 Å². The van der Waals surface area contributed by atoms with Gasteiger partial charge in [0.2, 0.25) is 0 Å². The predicted octanol–water partition coefficient (Wildman–Crippen LogP) is 2.60. The van der Waals surface area contributed by atoms with E-state index in [2.05, 4.69) is 19.1 Å². The number of aliphatic hydroxyl groups is 1. The smallest absolute Gasteiger partial charge is 0.0844 e. The minimum absolute atomic E-state index is 0.292. The standard InChI is InChI=1S/C14H18O2/c1-9-3-2-4-10(7-9)14(15)12-8-11-5-6-13(12)16-11/h2-4,7,11-15H,5-6,8H2,1H3. The van der Waals surface area contributed by atoms with Crippen LogP contribution in [0, 0.1) is 12.8 Å². The van der Waals surface area contributed by atoms with Crippen molar-refractivity contribution in [1.82, 2.24) is 0 Å². The first-order chi connectivity index (χ1) is 7.74. The molecule has 4 unspecified atom stereocenters. The molecule has 2 nitrogen and oxygen atoms in total. The lowest BCUT2D eigenvalue weighted by Crippen LogP contribution is -2.23. The van der Waals surface area contributed by atoms with Gasteiger partial charge in [-0.2, -0.15) is 0 Å². The number of ether oxygens (including phenoxy) is 1. The molecule has 0 saturated carbocycles. The van der Waals surface area contributed by atoms with Crippen LogP contribution in [0.5, 0.6) is 0 Å². The Balaban J connectivity index is 1.80. The molecule has 0 amide bonds. The summed E-state index contributed by atoms with van der Waals surface area (Å²) in [4.78, 5) is 0. The van der Waals surface area contributed by atoms with Crippen molar-refractivity contribution in [1.29, 1.82) is 0 Å². The third-order valence-electron chi connectivity index (χ3n) is 3.94. The largest absolute Gasteiger partial charge is 0.388 e. The zero-order valence-electron chi connectivity index (χ0n) is 9.60. The van der Waals surface area contributed by atoms with E-state index in [0.717, 1.165) is 18.4 Å². The van der Waals surface area contributed by atoms with Crippen LogP contribution in [0.1, 0.15) is 36.5 Å². The Labute approximate surface area is 96.2 Å². The Morgan fingerprint density at radius 1 is 1.38 bits per heavy atom. The molecule has 0 aromatic heterocycles. The number of benzene rings is 1. The summed E-state index contributed by atoms with van der Waals surface area (Å²) in [7, 11) is 0. The fourth-order valence-corrected chi connectivity index (χ4v) is 3.11. The van der Waals surface area contributed by atoms with Gasteiger partial charge in [-0.05, 0) is 31.7 Å². The van der Waals surface area contributed by atoms with Crippen LogP contribution in [0.3, 0.4) is 0 Å². The summed E-state index contributed by atoms with van der Waals surface area (Å²) in [5.74, 6) is 0.306. The van der Waals surface area contributed by atoms with E-state index < -0.39 is 0 Å². The number of hydrogen-bond acceptors (Lipinski definition) is 2. The second-order valence-electron chi connectivity index (χ2n) is 5.13. The van der Waals surface area contributed by atoms with Gasteiger partial charge in [-0.3, -0.25) is 0 Å². The van der Waals surface area contributed by atoms with Gasteiger partial charge in [-0.25, -0.2) is 0 Å². The fourth-order valence-electron chi connectivity index (χ4n) is 3.11. The zero-order valence-corrected chi connectivity index (χ0v) is 9.60. The third-order valence-corrected chi connectivity index (χ3v) is 3.94. The second kappa shape index (κ2) is 3.86. The molecule has 3 rings (SSSR count). The van der Waals surface area contributed by atoms with E-state index in [4.69, 9.17) is 4.74 Å². The quantitative estimate of drug-likeness (QED) is 0.826. The van der Waals surface area contributed by atoms with Crippen LogP contribution < -0.4 is 0 Å². The van der Waals surface area contributed by atoms with E-state index in [1.165, 1.54) is 12.0 Å². The molecule has 2 heteroatoms. The zero-order chi connectivity index (χ0) is 11.1. The van der Waals surface area contributed by atoms with Crippen LogP contribution in [0.2, 0.25) is 0 Å². The van der Waals surface area contributed by atoms with Crippen LogP contribution in [0.4, 0.5) is 0 Å². The molecule has 16 heavy (non-hydrogen) atoms. The summed E-state index contributed by atoms with van der Waals surface area (Å²) < 4.78 is 5.80. The van der Waals surface area contributed by atoms with Gasteiger partial charge in [0.25, 0.3) is 0 Å². The molecular formula is C14H18O2. The van der Waals surface area contributed by atoms with Gasteiger partial charge in [0.05, 0.1) is 18.3 Å². The highest BCUT2D eigenvalue weighted by Gasteiger charge is 2.44. The van der Waals surface area contributed by atoms with Crippen molar-refractivity contribution in [3.63, 3.8) is 0 Å². The third kappa shape index (κ3) is 1.66. The highest BCUT2D eigenvalue weighted by atomic mass is 16.5. The van der Waals surface area contributed by atoms with Crippen molar-refractivity contribution in [3.8, 4) is 0 Å². The van der Waals surface area contributed by atoms with Crippen LogP contribution in [-0.2, 0) is 4.74 Å². The second-order valence-corrected chi connectivity index (χ2v) is 5.13. The molecule has 2 aliphatic heterocycles. The molecule has 2 saturated heterocycles. The van der Waals surface area contributed by atoms with Crippen LogP contribution >= 0.6 is 0 Å². The van der Waals surface area contributed by atoms with E-state index in [-0.39, 0.29) is 6.10 Å². The lowest BCUT2D eigenvalue weighted by Gasteiger charge is -2.24. The van der Waals surface area contributed by atoms with Crippen molar-refractivity contribution < 1.29 is 9.84 Å². The molecule has 2 heterocycles. The van der Waals surface area contributed by atoms with Gasteiger partial charge in [0, 0.05) is 5.92 Å². The molecule has 0 aliphatic carbocycles. The molecule has 1 aromatic carbocycles. The minimum Gasteiger partial charge on any atom is -0.388 e. The average Bonchev–Trinajstić information content (AvgIpc) is 2.89. The highest BCUT2D eigenvalue weighted by molar-refractivity contribution is 5.25. The molecule has 1 aromatic rings. The molecule has 0 spiro atoms. The van der Waals surface area contributed by atoms with Gasteiger partial charge in [0.1, 0.15) is 0 Å². The number of aryl methyl sites for hydroxylation is 1. The molecular weight excluding hydrogens is 200 g/mol. The van der Waals surface area contributed by atoms with E-state index in [1.807, 2.05) is 12.1 Å². The molecule has 2 fully saturated rings. The SMILES string of the molecule is Cc1cccc(C(O)C2CC3CCC2O3)c1. The maximum absolute atomic E-state index is 10.4. The number of fused-ring (bicyclic) bond motifs is 2. The van der Waals surface area contributed by atoms with Crippen molar-refractivity contribution in [2.75, 3.05) is 0 Å². The van der Waals surface area contributed by atoms with Gasteiger partial charge in [-0.15, -0.1) is 0 Å². The van der Waals surface area contributed by atoms with E-state index >= 15 is 0 Å². The van der Waals surface area contributed by atoms with Crippen molar-refractivity contribution in [3.05, 3.63) is 35.4 Å². The van der Waals surface area contributed by atoms with Gasteiger partial charge in [0.15, 0.2) is 0 Å². The summed E-state index contributed by atoms with van der Waals surface area (Å²) in [5, 5.41) is 10.4. The summed E-state index contributed by atoms with van der Waals surface area (Å²) in [6.45, 7) is 2.06. The monoisotopic (exact) mass is 218 g/mol. The summed E-state index contributed by atoms with van der Waals surface area (Å²) in [6, 6.07) is 8.18. The molecule has 2 bridgehead atoms. The lowest BCUT2D eigenvalue weighted by atomic mass is 9.82. The van der Waals surface area contributed by atoms with Gasteiger partial charge < -0.3 is 9.84 Å². The number of aliphatic hydroxyl groups excluding tert-OH is 1. The highest BCUT2D eigenvalue weighted by Crippen LogP contribution is 2.44. The summed E-state index contributed by atoms with van der Waals surface area (Å²) >= 11 is 0. The summed E-state index contributed by atoms with van der Waals surface area (Å²) in [6.07, 6.45) is 3.69. The Bertz CT molecular complexity index is 388. The first kappa shape index (κ1) is 10.3. The Morgan fingerprint density at radius 3 is 2.88 bits per heavy atom. The first-order valence-electron chi connectivity index (χ1n) is 6.14. The predicted molar refractivity (Wildman–Crippen MR) is 62.1 cm³/mol. The lowest BCUT2D eigenvalue weighted by molar-refractivity contribution is 0.0422. The van der Waals surface area contributed by atoms with Crippen LogP contribution in [-0.4, -0.2) is 17.3 Å². The first-order valence-corrected chi connectivity index (χ1v) is 6.14. The number of rotatable bonds is 2. The number of hydrogen-bond donors (Lipinski definition) is 1. The van der Waals surface area contributed by atoms with Gasteiger partial charge in [-0.1, -0.05) is 29.8 Å². The van der Waals surface area contributed by atoms with Crippen LogP contribution in [0.25, 0.3) is 0 Å². The van der Waals surface area contributed by atoms with Gasteiger partial charge >= 0.3 is 0 Å².